The molecule has 6 rings (SSSR count). The Labute approximate surface area is 230 Å². The Balaban J connectivity index is 0.000000540. The Morgan fingerprint density at radius 1 is 0.684 bits per heavy atom. The van der Waals surface area contributed by atoms with Gasteiger partial charge in [-0.15, -0.1) is 10.2 Å². The van der Waals surface area contributed by atoms with Crippen molar-refractivity contribution in [1.29, 1.82) is 0 Å². The summed E-state index contributed by atoms with van der Waals surface area (Å²) in [5, 5.41) is 0. The first-order valence-corrected chi connectivity index (χ1v) is 13.8. The van der Waals surface area contributed by atoms with Crippen LogP contribution in [0.3, 0.4) is 0 Å². The van der Waals surface area contributed by atoms with E-state index in [2.05, 4.69) is 125 Å². The van der Waals surface area contributed by atoms with Gasteiger partial charge in [-0.2, -0.15) is 4.57 Å². The van der Waals surface area contributed by atoms with Crippen LogP contribution < -0.4 is 23.2 Å². The topological polar surface area (TPSA) is 109 Å². The van der Waals surface area contributed by atoms with E-state index in [4.69, 9.17) is 23.1 Å². The molecule has 0 fully saturated rings. The molecule has 2 aromatic heterocycles. The molecule has 0 saturated carbocycles. The number of nitrogens with zero attached hydrogens (tertiary/aromatic N) is 1. The molecule has 0 bridgehead atoms. The van der Waals surface area contributed by atoms with Crippen LogP contribution in [-0.2, 0) is 5.41 Å². The smallest absolute Gasteiger partial charge is 0.219 e. The highest BCUT2D eigenvalue weighted by Gasteiger charge is 2.45. The second-order valence-corrected chi connectivity index (χ2v) is 11.1. The van der Waals surface area contributed by atoms with E-state index >= 15 is 0 Å². The lowest BCUT2D eigenvalue weighted by Crippen LogP contribution is -2.68. The number of fused-ring (bicyclic) bond motifs is 3. The molecule has 38 heavy (non-hydrogen) atoms. The maximum atomic E-state index is 8.49. The highest BCUT2D eigenvalue weighted by Crippen LogP contribution is 2.42. The Hall–Kier alpha value is -3.30. The molecule has 8 heteroatoms. The van der Waals surface area contributed by atoms with Crippen molar-refractivity contribution in [2.75, 3.05) is 0 Å². The van der Waals surface area contributed by atoms with Gasteiger partial charge in [-0.1, -0.05) is 64.5 Å². The number of hydrogen-bond acceptors (Lipinski definition) is 5. The summed E-state index contributed by atoms with van der Waals surface area (Å²) in [7, 11) is -4.94. The summed E-state index contributed by atoms with van der Waals surface area (Å²) in [6.07, 6.45) is 0. The standard InChI is InChI=1S/C30H23BrNO.ClHO4/c1-30(2)24-10-6-7-11-25(24)32-26(20-8-4-3-5-9-20)18-22(19-29(30)32)28-17-16-27(33-28)21-12-14-23(31)15-13-21;2-1(3,4)5/h3-19H,1-2H3;(H,2,3,4,5)/q+1;/p-1. The number of rotatable bonds is 3. The Kier molecular flexibility index (Phi) is 7.00. The zero-order valence-corrected chi connectivity index (χ0v) is 22.9. The first kappa shape index (κ1) is 26.3. The van der Waals surface area contributed by atoms with Crippen LogP contribution in [0.25, 0.3) is 39.6 Å². The second kappa shape index (κ2) is 10.1. The van der Waals surface area contributed by atoms with E-state index in [1.165, 1.54) is 28.2 Å². The van der Waals surface area contributed by atoms with Crippen molar-refractivity contribution in [3.8, 4) is 39.6 Å². The van der Waals surface area contributed by atoms with Crippen molar-refractivity contribution in [3.05, 3.63) is 119 Å². The molecule has 6 nitrogen and oxygen atoms in total. The third-order valence-corrected chi connectivity index (χ3v) is 7.14. The minimum atomic E-state index is -4.94. The third-order valence-electron chi connectivity index (χ3n) is 6.61. The van der Waals surface area contributed by atoms with Gasteiger partial charge in [0.1, 0.15) is 11.5 Å². The fourth-order valence-electron chi connectivity index (χ4n) is 4.88. The number of hydrogen-bond donors (Lipinski definition) is 0. The molecule has 1 aliphatic heterocycles. The fourth-order valence-corrected chi connectivity index (χ4v) is 5.14. The van der Waals surface area contributed by atoms with E-state index in [0.717, 1.165) is 27.1 Å². The van der Waals surface area contributed by atoms with Gasteiger partial charge in [-0.05, 0) is 50.2 Å². The number of benzene rings is 3. The summed E-state index contributed by atoms with van der Waals surface area (Å²) in [6, 6.07) is 36.2. The van der Waals surface area contributed by atoms with E-state index < -0.39 is 10.2 Å². The molecule has 0 N–H and O–H groups in total. The molecule has 0 radical (unpaired) electrons. The number of furan rings is 1. The molecule has 1 aliphatic rings. The monoisotopic (exact) mass is 591 g/mol. The molecule has 0 spiro atoms. The minimum absolute atomic E-state index is 0.114. The predicted molar refractivity (Wildman–Crippen MR) is 136 cm³/mol. The van der Waals surface area contributed by atoms with Gasteiger partial charge in [0.15, 0.2) is 5.69 Å². The van der Waals surface area contributed by atoms with Crippen LogP contribution in [0, 0.1) is 10.2 Å². The Morgan fingerprint density at radius 2 is 1.26 bits per heavy atom. The number of aromatic nitrogens is 1. The molecule has 192 valence electrons. The average molecular weight is 593 g/mol. The maximum absolute atomic E-state index is 8.49. The van der Waals surface area contributed by atoms with E-state index in [9.17, 15) is 0 Å². The van der Waals surface area contributed by atoms with Crippen molar-refractivity contribution in [2.45, 2.75) is 19.3 Å². The molecule has 3 heterocycles. The van der Waals surface area contributed by atoms with Gasteiger partial charge in [-0.25, -0.2) is 18.6 Å². The zero-order valence-electron chi connectivity index (χ0n) is 20.6. The van der Waals surface area contributed by atoms with Crippen LogP contribution in [-0.4, -0.2) is 0 Å². The van der Waals surface area contributed by atoms with Crippen molar-refractivity contribution in [3.63, 3.8) is 0 Å². The van der Waals surface area contributed by atoms with Gasteiger partial charge < -0.3 is 4.42 Å². The normalized spacial score (nSPS) is 13.3. The predicted octanol–water partition coefficient (Wildman–Crippen LogP) is 3.20. The summed E-state index contributed by atoms with van der Waals surface area (Å²) >= 11 is 3.51. The van der Waals surface area contributed by atoms with E-state index in [1.54, 1.807) is 0 Å². The third kappa shape index (κ3) is 5.31. The summed E-state index contributed by atoms with van der Waals surface area (Å²) in [4.78, 5) is 0. The van der Waals surface area contributed by atoms with Crippen LogP contribution in [0.2, 0.25) is 0 Å². The fraction of sp³-hybridized carbons (Fsp3) is 0.100. The van der Waals surface area contributed by atoms with Gasteiger partial charge in [-0.3, -0.25) is 0 Å². The maximum Gasteiger partial charge on any atom is 0.219 e. The molecule has 0 amide bonds. The molecular formula is C30H23BrClNO5. The summed E-state index contributed by atoms with van der Waals surface area (Å²) in [6.45, 7) is 4.61. The van der Waals surface area contributed by atoms with Crippen LogP contribution in [0.15, 0.2) is 112 Å². The highest BCUT2D eigenvalue weighted by molar-refractivity contribution is 9.10. The van der Waals surface area contributed by atoms with Crippen molar-refractivity contribution in [2.24, 2.45) is 0 Å². The zero-order chi connectivity index (χ0) is 27.1. The first-order chi connectivity index (χ1) is 18.0. The van der Waals surface area contributed by atoms with Crippen LogP contribution in [0.1, 0.15) is 25.1 Å². The Morgan fingerprint density at radius 3 is 1.92 bits per heavy atom. The van der Waals surface area contributed by atoms with Crippen molar-refractivity contribution < 1.29 is 37.9 Å². The van der Waals surface area contributed by atoms with E-state index in [0.29, 0.717) is 0 Å². The number of halogens is 2. The van der Waals surface area contributed by atoms with Gasteiger partial charge in [0.05, 0.1) is 5.41 Å². The average Bonchev–Trinajstić information content (AvgIpc) is 3.46. The van der Waals surface area contributed by atoms with Crippen molar-refractivity contribution in [1.82, 2.24) is 0 Å². The van der Waals surface area contributed by atoms with Gasteiger partial charge >= 0.3 is 0 Å². The molecular weight excluding hydrogens is 570 g/mol. The molecule has 5 aromatic rings. The lowest BCUT2D eigenvalue weighted by Gasteiger charge is -2.17. The summed E-state index contributed by atoms with van der Waals surface area (Å²) < 4.78 is 43.8. The second-order valence-electron chi connectivity index (χ2n) is 9.41. The molecule has 0 aliphatic carbocycles. The largest absolute Gasteiger partial charge is 0.456 e. The van der Waals surface area contributed by atoms with Crippen LogP contribution in [0.4, 0.5) is 0 Å². The quantitative estimate of drug-likeness (QED) is 0.299. The SMILES string of the molecule is CC1(C)c2ccccc2-[n+]2c(-c3ccccc3)cc(-c3ccc(-c4ccc(Br)cc4)o3)cc21.[O-][Cl+3]([O-])([O-])[O-]. The van der Waals surface area contributed by atoms with E-state index in [-0.39, 0.29) is 5.41 Å². The van der Waals surface area contributed by atoms with Crippen molar-refractivity contribution >= 4 is 15.9 Å². The van der Waals surface area contributed by atoms with Gasteiger partial charge in [0.25, 0.3) is 0 Å². The summed E-state index contributed by atoms with van der Waals surface area (Å²) in [5.41, 5.74) is 8.25. The van der Waals surface area contributed by atoms with Crippen LogP contribution >= 0.6 is 15.9 Å². The van der Waals surface area contributed by atoms with Gasteiger partial charge in [0.2, 0.25) is 11.4 Å². The molecule has 3 aromatic carbocycles. The molecule has 0 unspecified atom stereocenters. The molecule has 0 atom stereocenters. The summed E-state index contributed by atoms with van der Waals surface area (Å²) in [5.74, 6) is 1.75. The van der Waals surface area contributed by atoms with Crippen LogP contribution in [0.5, 0.6) is 0 Å². The van der Waals surface area contributed by atoms with Gasteiger partial charge in [0, 0.05) is 44.9 Å². The lowest BCUT2D eigenvalue weighted by atomic mass is 9.83. The first-order valence-electron chi connectivity index (χ1n) is 11.8. The number of para-hydroxylation sites is 1. The highest BCUT2D eigenvalue weighted by atomic mass is 79.9. The lowest BCUT2D eigenvalue weighted by molar-refractivity contribution is -2.00. The Bertz CT molecular complexity index is 1590. The number of pyridine rings is 1. The van der Waals surface area contributed by atoms with E-state index in [1.807, 2.05) is 12.1 Å². The molecule has 0 saturated heterocycles. The minimum Gasteiger partial charge on any atom is -0.456 e.